The van der Waals surface area contributed by atoms with Crippen LogP contribution in [0.15, 0.2) is 0 Å². The molecule has 9 heteroatoms. The van der Waals surface area contributed by atoms with Gasteiger partial charge in [0, 0.05) is 19.1 Å². The minimum atomic E-state index is -4.54. The van der Waals surface area contributed by atoms with Crippen molar-refractivity contribution >= 4 is 15.9 Å². The van der Waals surface area contributed by atoms with E-state index in [1.165, 1.54) is 0 Å². The lowest BCUT2D eigenvalue weighted by Gasteiger charge is -2.36. The summed E-state index contributed by atoms with van der Waals surface area (Å²) >= 11 is 0. The zero-order valence-electron chi connectivity index (χ0n) is 10.5. The van der Waals surface area contributed by atoms with Gasteiger partial charge < -0.3 is 4.90 Å². The lowest BCUT2D eigenvalue weighted by atomic mass is 10.0. The summed E-state index contributed by atoms with van der Waals surface area (Å²) in [6.45, 7) is 0.202. The molecule has 1 saturated heterocycles. The number of nitrogens with one attached hydrogen (secondary N) is 1. The van der Waals surface area contributed by atoms with Crippen LogP contribution >= 0.6 is 0 Å². The smallest absolute Gasteiger partial charge is 0.338 e. The Bertz CT molecular complexity index is 422. The van der Waals surface area contributed by atoms with E-state index in [1.807, 2.05) is 0 Å². The minimum absolute atomic E-state index is 0.0393. The molecule has 0 saturated carbocycles. The van der Waals surface area contributed by atoms with E-state index in [0.717, 1.165) is 17.6 Å². The van der Waals surface area contributed by atoms with Crippen molar-refractivity contribution in [1.29, 1.82) is 0 Å². The Morgan fingerprint density at radius 3 is 2.53 bits per heavy atom. The molecule has 1 rings (SSSR count). The van der Waals surface area contributed by atoms with Gasteiger partial charge in [-0.1, -0.05) is 0 Å². The molecule has 0 spiro atoms. The average Bonchev–Trinajstić information content (AvgIpc) is 2.23. The number of carbonyl (C=O) groups excluding carboxylic acids is 1. The van der Waals surface area contributed by atoms with Gasteiger partial charge in [-0.05, 0) is 19.3 Å². The highest BCUT2D eigenvalue weighted by Gasteiger charge is 2.36. The van der Waals surface area contributed by atoms with Crippen LogP contribution in [0.4, 0.5) is 13.2 Å². The van der Waals surface area contributed by atoms with E-state index in [2.05, 4.69) is 4.72 Å². The quantitative estimate of drug-likeness (QED) is 0.838. The fourth-order valence-corrected chi connectivity index (χ4v) is 2.56. The first-order valence-corrected chi connectivity index (χ1v) is 7.78. The molecule has 1 heterocycles. The molecule has 0 aromatic heterocycles. The number of nitrogens with zero attached hydrogens (tertiary/aromatic N) is 1. The first kappa shape index (κ1) is 16.2. The Hall–Kier alpha value is -0.830. The monoisotopic (exact) mass is 302 g/mol. The first-order valence-electron chi connectivity index (χ1n) is 5.89. The summed E-state index contributed by atoms with van der Waals surface area (Å²) in [5.41, 5.74) is 0. The van der Waals surface area contributed by atoms with E-state index >= 15 is 0 Å². The topological polar surface area (TPSA) is 66.5 Å². The number of alkyl halides is 3. The molecule has 0 radical (unpaired) electrons. The maximum absolute atomic E-state index is 12.2. The van der Waals surface area contributed by atoms with Crippen molar-refractivity contribution in [2.45, 2.75) is 37.9 Å². The molecule has 0 unspecified atom stereocenters. The fourth-order valence-electron chi connectivity index (χ4n) is 2.06. The Morgan fingerprint density at radius 2 is 2.00 bits per heavy atom. The third kappa shape index (κ3) is 6.24. The largest absolute Gasteiger partial charge is 0.397 e. The van der Waals surface area contributed by atoms with E-state index in [1.54, 1.807) is 0 Å². The van der Waals surface area contributed by atoms with Gasteiger partial charge in [0.15, 0.2) is 0 Å². The van der Waals surface area contributed by atoms with Gasteiger partial charge in [0.2, 0.25) is 15.9 Å². The highest BCUT2D eigenvalue weighted by atomic mass is 32.2. The third-order valence-electron chi connectivity index (χ3n) is 2.88. The van der Waals surface area contributed by atoms with Crippen LogP contribution in [0.3, 0.4) is 0 Å². The van der Waals surface area contributed by atoms with E-state index < -0.39 is 34.6 Å². The molecule has 19 heavy (non-hydrogen) atoms. The normalized spacial score (nSPS) is 21.5. The van der Waals surface area contributed by atoms with Crippen LogP contribution in [0.5, 0.6) is 0 Å². The molecule has 1 aliphatic rings. The predicted octanol–water partition coefficient (Wildman–Crippen LogP) is 0.869. The van der Waals surface area contributed by atoms with Gasteiger partial charge in [-0.25, -0.2) is 13.1 Å². The van der Waals surface area contributed by atoms with E-state index in [0.29, 0.717) is 12.8 Å². The summed E-state index contributed by atoms with van der Waals surface area (Å²) < 4.78 is 60.8. The van der Waals surface area contributed by atoms with Crippen LogP contribution in [0.1, 0.15) is 25.7 Å². The van der Waals surface area contributed by atoms with Crippen molar-refractivity contribution in [2.75, 3.05) is 19.3 Å². The van der Waals surface area contributed by atoms with Crippen molar-refractivity contribution in [2.24, 2.45) is 0 Å². The van der Waals surface area contributed by atoms with Gasteiger partial charge in [-0.15, -0.1) is 0 Å². The molecule has 5 nitrogen and oxygen atoms in total. The van der Waals surface area contributed by atoms with Gasteiger partial charge in [-0.2, -0.15) is 13.2 Å². The molecule has 1 atom stereocenters. The van der Waals surface area contributed by atoms with Gasteiger partial charge >= 0.3 is 6.18 Å². The molecular formula is C10H17F3N2O3S. The number of hydrogen-bond donors (Lipinski definition) is 1. The minimum Gasteiger partial charge on any atom is -0.338 e. The zero-order chi connectivity index (χ0) is 14.7. The Balaban J connectivity index is 2.64. The maximum atomic E-state index is 12.2. The molecule has 0 aromatic rings. The molecular weight excluding hydrogens is 285 g/mol. The lowest BCUT2D eigenvalue weighted by Crippen LogP contribution is -2.50. The number of amides is 1. The van der Waals surface area contributed by atoms with Crippen LogP contribution in [0, 0.1) is 0 Å². The fraction of sp³-hybridized carbons (Fsp3) is 0.900. The van der Waals surface area contributed by atoms with Crippen LogP contribution in [0.25, 0.3) is 0 Å². The highest BCUT2D eigenvalue weighted by molar-refractivity contribution is 7.88. The van der Waals surface area contributed by atoms with Crippen molar-refractivity contribution in [1.82, 2.24) is 9.62 Å². The Morgan fingerprint density at radius 1 is 1.37 bits per heavy atom. The average molecular weight is 302 g/mol. The molecule has 1 amide bonds. The third-order valence-corrected chi connectivity index (χ3v) is 3.57. The standard InChI is InChI=1S/C10H17F3N2O3S/c1-19(17,18)14-7-8-4-2-3-5-15(8)9(16)6-10(11,12)13/h8,14H,2-7H2,1H3/t8-/m1/s1. The number of halogens is 3. The van der Waals surface area contributed by atoms with Crippen molar-refractivity contribution in [3.63, 3.8) is 0 Å². The highest BCUT2D eigenvalue weighted by Crippen LogP contribution is 2.24. The van der Waals surface area contributed by atoms with E-state index in [4.69, 9.17) is 0 Å². The number of carbonyl (C=O) groups is 1. The predicted molar refractivity (Wildman–Crippen MR) is 62.9 cm³/mol. The number of rotatable bonds is 4. The van der Waals surface area contributed by atoms with Crippen LogP contribution < -0.4 is 4.72 Å². The van der Waals surface area contributed by atoms with Crippen LogP contribution in [-0.2, 0) is 14.8 Å². The van der Waals surface area contributed by atoms with Gasteiger partial charge in [0.25, 0.3) is 0 Å². The van der Waals surface area contributed by atoms with E-state index in [9.17, 15) is 26.4 Å². The summed E-state index contributed by atoms with van der Waals surface area (Å²) in [7, 11) is -3.42. The van der Waals surface area contributed by atoms with Gasteiger partial charge in [0.05, 0.1) is 6.26 Å². The molecule has 1 N–H and O–H groups in total. The number of piperidine rings is 1. The molecule has 0 bridgehead atoms. The molecule has 1 fully saturated rings. The summed E-state index contributed by atoms with van der Waals surface area (Å²) in [6.07, 6.45) is -3.15. The van der Waals surface area contributed by atoms with Crippen LogP contribution in [-0.4, -0.2) is 50.8 Å². The number of sulfonamides is 1. The summed E-state index contributed by atoms with van der Waals surface area (Å²) in [5.74, 6) is -0.993. The summed E-state index contributed by atoms with van der Waals surface area (Å²) in [6, 6.07) is -0.502. The van der Waals surface area contributed by atoms with Crippen molar-refractivity contribution < 1.29 is 26.4 Å². The Labute approximate surface area is 110 Å². The SMILES string of the molecule is CS(=O)(=O)NC[C@H]1CCCCN1C(=O)CC(F)(F)F. The van der Waals surface area contributed by atoms with Crippen molar-refractivity contribution in [3.05, 3.63) is 0 Å². The number of hydrogen-bond acceptors (Lipinski definition) is 3. The second-order valence-corrected chi connectivity index (χ2v) is 6.48. The molecule has 1 aliphatic heterocycles. The van der Waals surface area contributed by atoms with Gasteiger partial charge in [-0.3, -0.25) is 4.79 Å². The van der Waals surface area contributed by atoms with Crippen LogP contribution in [0.2, 0.25) is 0 Å². The van der Waals surface area contributed by atoms with Gasteiger partial charge in [0.1, 0.15) is 6.42 Å². The molecule has 0 aromatic carbocycles. The Kier molecular flexibility index (Phi) is 5.19. The molecule has 0 aliphatic carbocycles. The second-order valence-electron chi connectivity index (χ2n) is 4.65. The first-order chi connectivity index (χ1) is 8.58. The zero-order valence-corrected chi connectivity index (χ0v) is 11.4. The maximum Gasteiger partial charge on any atom is 0.397 e. The lowest BCUT2D eigenvalue weighted by molar-refractivity contribution is -0.163. The summed E-state index contributed by atoms with van der Waals surface area (Å²) in [5, 5.41) is 0. The van der Waals surface area contributed by atoms with E-state index in [-0.39, 0.29) is 13.1 Å². The summed E-state index contributed by atoms with van der Waals surface area (Å²) in [4.78, 5) is 12.7. The second kappa shape index (κ2) is 6.08. The van der Waals surface area contributed by atoms with Crippen molar-refractivity contribution in [3.8, 4) is 0 Å². The number of likely N-dealkylation sites (tertiary alicyclic amines) is 1. The molecule has 112 valence electrons.